The zero-order valence-electron chi connectivity index (χ0n) is 19.4. The number of alkyl halides is 3. The number of carbonyl (C=O) groups excluding carboxylic acids is 1. The molecular formula is C25H27ClF3N3O. The van der Waals surface area contributed by atoms with Crippen LogP contribution in [0.5, 0.6) is 0 Å². The van der Waals surface area contributed by atoms with Crippen LogP contribution in [0.15, 0.2) is 48.7 Å². The van der Waals surface area contributed by atoms with Crippen molar-refractivity contribution in [2.24, 2.45) is 0 Å². The summed E-state index contributed by atoms with van der Waals surface area (Å²) < 4.78 is 42.8. The zero-order valence-corrected chi connectivity index (χ0v) is 20.2. The van der Waals surface area contributed by atoms with Crippen LogP contribution in [0.3, 0.4) is 0 Å². The lowest BCUT2D eigenvalue weighted by Crippen LogP contribution is -2.23. The Hall–Kier alpha value is -2.80. The van der Waals surface area contributed by atoms with Gasteiger partial charge in [0.25, 0.3) is 5.91 Å². The molecule has 1 aromatic heterocycles. The van der Waals surface area contributed by atoms with Gasteiger partial charge in [0.1, 0.15) is 0 Å². The summed E-state index contributed by atoms with van der Waals surface area (Å²) in [6.45, 7) is 12.0. The number of halogens is 4. The summed E-state index contributed by atoms with van der Waals surface area (Å²) in [7, 11) is 0. The quantitative estimate of drug-likeness (QED) is 0.427. The summed E-state index contributed by atoms with van der Waals surface area (Å²) in [6, 6.07) is 11.5. The molecule has 0 aliphatic carbocycles. The van der Waals surface area contributed by atoms with E-state index in [0.29, 0.717) is 15.4 Å². The van der Waals surface area contributed by atoms with E-state index in [2.05, 4.69) is 10.4 Å². The van der Waals surface area contributed by atoms with Crippen LogP contribution in [-0.2, 0) is 17.0 Å². The van der Waals surface area contributed by atoms with Crippen molar-refractivity contribution in [2.75, 3.05) is 5.32 Å². The topological polar surface area (TPSA) is 46.9 Å². The van der Waals surface area contributed by atoms with Gasteiger partial charge < -0.3 is 5.32 Å². The molecule has 2 aromatic carbocycles. The third kappa shape index (κ3) is 5.41. The van der Waals surface area contributed by atoms with Crippen LogP contribution in [0.1, 0.15) is 68.7 Å². The van der Waals surface area contributed by atoms with E-state index in [4.69, 9.17) is 11.6 Å². The maximum Gasteiger partial charge on any atom is 0.434 e. The van der Waals surface area contributed by atoms with Crippen molar-refractivity contribution in [1.29, 1.82) is 0 Å². The van der Waals surface area contributed by atoms with Gasteiger partial charge in [-0.15, -0.1) is 0 Å². The van der Waals surface area contributed by atoms with Gasteiger partial charge in [0.05, 0.1) is 17.4 Å². The van der Waals surface area contributed by atoms with E-state index in [0.717, 1.165) is 17.3 Å². The van der Waals surface area contributed by atoms with Crippen LogP contribution in [-0.4, -0.2) is 15.7 Å². The third-order valence-electron chi connectivity index (χ3n) is 5.30. The van der Waals surface area contributed by atoms with Gasteiger partial charge in [-0.05, 0) is 52.3 Å². The van der Waals surface area contributed by atoms with Crippen molar-refractivity contribution in [3.63, 3.8) is 0 Å². The molecule has 33 heavy (non-hydrogen) atoms. The van der Waals surface area contributed by atoms with Crippen LogP contribution in [0, 0.1) is 0 Å². The Balaban J connectivity index is 2.09. The Bertz CT molecular complexity index is 1170. The van der Waals surface area contributed by atoms with Crippen molar-refractivity contribution in [1.82, 2.24) is 9.78 Å². The average Bonchev–Trinajstić information content (AvgIpc) is 3.13. The van der Waals surface area contributed by atoms with Crippen LogP contribution in [0.4, 0.5) is 18.9 Å². The first-order valence-electron chi connectivity index (χ1n) is 10.5. The van der Waals surface area contributed by atoms with Gasteiger partial charge in [0, 0.05) is 10.7 Å². The summed E-state index contributed by atoms with van der Waals surface area (Å²) in [4.78, 5) is 13.1. The van der Waals surface area contributed by atoms with E-state index in [1.54, 1.807) is 0 Å². The molecule has 0 radical (unpaired) electrons. The summed E-state index contributed by atoms with van der Waals surface area (Å²) in [5.41, 5.74) is 0.167. The van der Waals surface area contributed by atoms with Crippen molar-refractivity contribution in [3.05, 3.63) is 76.1 Å². The number of anilines is 1. The molecule has 3 rings (SSSR count). The van der Waals surface area contributed by atoms with Gasteiger partial charge in [0.2, 0.25) is 0 Å². The maximum absolute atomic E-state index is 14.0. The van der Waals surface area contributed by atoms with Crippen molar-refractivity contribution >= 4 is 23.2 Å². The van der Waals surface area contributed by atoms with E-state index < -0.39 is 23.3 Å². The van der Waals surface area contributed by atoms with Crippen molar-refractivity contribution in [2.45, 2.75) is 58.5 Å². The number of hydrogen-bond acceptors (Lipinski definition) is 2. The Morgan fingerprint density at radius 1 is 0.939 bits per heavy atom. The summed E-state index contributed by atoms with van der Waals surface area (Å²) >= 11 is 5.86. The largest absolute Gasteiger partial charge is 0.434 e. The highest BCUT2D eigenvalue weighted by Gasteiger charge is 2.40. The highest BCUT2D eigenvalue weighted by atomic mass is 35.5. The van der Waals surface area contributed by atoms with E-state index in [-0.39, 0.29) is 16.5 Å². The van der Waals surface area contributed by atoms with Gasteiger partial charge in [-0.1, -0.05) is 65.3 Å². The fourth-order valence-electron chi connectivity index (χ4n) is 3.52. The summed E-state index contributed by atoms with van der Waals surface area (Å²) in [5.74, 6) is -0.876. The third-order valence-corrected chi connectivity index (χ3v) is 5.55. The van der Waals surface area contributed by atoms with Crippen LogP contribution < -0.4 is 5.32 Å². The van der Waals surface area contributed by atoms with Gasteiger partial charge in [0.15, 0.2) is 5.69 Å². The highest BCUT2D eigenvalue weighted by molar-refractivity contribution is 6.30. The zero-order chi connectivity index (χ0) is 24.8. The second-order valence-corrected chi connectivity index (χ2v) is 10.4. The molecule has 0 saturated heterocycles. The first kappa shape index (κ1) is 24.8. The predicted molar refractivity (Wildman–Crippen MR) is 125 cm³/mol. The van der Waals surface area contributed by atoms with Gasteiger partial charge in [-0.2, -0.15) is 18.3 Å². The van der Waals surface area contributed by atoms with Crippen molar-refractivity contribution in [3.8, 4) is 5.69 Å². The SMILES string of the molecule is CC(C)(C)c1ccc(C(C)(C)C)c(NC(=O)c2cnn(-c3ccc(Cl)cc3)c2C(F)(F)F)c1. The molecular weight excluding hydrogens is 451 g/mol. The molecule has 0 spiro atoms. The number of hydrogen-bond donors (Lipinski definition) is 1. The molecule has 1 heterocycles. The number of rotatable bonds is 3. The fraction of sp³-hybridized carbons (Fsp3) is 0.360. The maximum atomic E-state index is 14.0. The predicted octanol–water partition coefficient (Wildman–Crippen LogP) is 7.39. The molecule has 1 amide bonds. The first-order valence-corrected chi connectivity index (χ1v) is 10.8. The van der Waals surface area contributed by atoms with E-state index in [9.17, 15) is 18.0 Å². The minimum atomic E-state index is -4.80. The smallest absolute Gasteiger partial charge is 0.322 e. The molecule has 4 nitrogen and oxygen atoms in total. The number of carbonyl (C=O) groups is 1. The lowest BCUT2D eigenvalue weighted by Gasteiger charge is -2.27. The molecule has 1 N–H and O–H groups in total. The standard InChI is InChI=1S/C25H27ClF3N3O/c1-23(2,3)15-7-12-19(24(4,5)6)20(13-15)31-22(33)18-14-30-32(21(18)25(27,28)29)17-10-8-16(26)9-11-17/h7-14H,1-6H3,(H,31,33). The van der Waals surface area contributed by atoms with Crippen LogP contribution in [0.25, 0.3) is 5.69 Å². The van der Waals surface area contributed by atoms with Gasteiger partial charge >= 0.3 is 6.18 Å². The first-order chi connectivity index (χ1) is 15.1. The van der Waals surface area contributed by atoms with E-state index >= 15 is 0 Å². The second kappa shape index (κ2) is 8.52. The van der Waals surface area contributed by atoms with Crippen LogP contribution in [0.2, 0.25) is 5.02 Å². The normalized spacial score (nSPS) is 12.7. The van der Waals surface area contributed by atoms with Gasteiger partial charge in [-0.25, -0.2) is 4.68 Å². The highest BCUT2D eigenvalue weighted by Crippen LogP contribution is 2.36. The lowest BCUT2D eigenvalue weighted by atomic mass is 9.81. The molecule has 3 aromatic rings. The fourth-order valence-corrected chi connectivity index (χ4v) is 3.65. The second-order valence-electron chi connectivity index (χ2n) is 10.0. The van der Waals surface area contributed by atoms with E-state index in [1.165, 1.54) is 24.3 Å². The molecule has 0 unspecified atom stereocenters. The monoisotopic (exact) mass is 477 g/mol. The number of nitrogens with zero attached hydrogens (tertiary/aromatic N) is 2. The Kier molecular flexibility index (Phi) is 6.41. The van der Waals surface area contributed by atoms with Crippen molar-refractivity contribution < 1.29 is 18.0 Å². The van der Waals surface area contributed by atoms with Gasteiger partial charge in [-0.3, -0.25) is 4.79 Å². The lowest BCUT2D eigenvalue weighted by molar-refractivity contribution is -0.143. The minimum absolute atomic E-state index is 0.149. The Morgan fingerprint density at radius 3 is 2.06 bits per heavy atom. The number of benzene rings is 2. The van der Waals surface area contributed by atoms with Crippen LogP contribution >= 0.6 is 11.6 Å². The minimum Gasteiger partial charge on any atom is -0.322 e. The summed E-state index contributed by atoms with van der Waals surface area (Å²) in [6.07, 6.45) is -3.86. The number of aromatic nitrogens is 2. The molecule has 0 aliphatic heterocycles. The average molecular weight is 478 g/mol. The molecule has 0 fully saturated rings. The molecule has 0 aliphatic rings. The number of amides is 1. The molecule has 176 valence electrons. The molecule has 0 saturated carbocycles. The molecule has 0 bridgehead atoms. The molecule has 8 heteroatoms. The summed E-state index contributed by atoms with van der Waals surface area (Å²) in [5, 5.41) is 6.97. The Labute approximate surface area is 196 Å². The Morgan fingerprint density at radius 2 is 1.55 bits per heavy atom. The molecule has 0 atom stereocenters. The number of nitrogens with one attached hydrogen (secondary N) is 1. The van der Waals surface area contributed by atoms with E-state index in [1.807, 2.05) is 59.7 Å².